The van der Waals surface area contributed by atoms with Crippen LogP contribution >= 0.6 is 0 Å². The molecule has 70 valence electrons. The number of hydrogen-bond donors (Lipinski definition) is 2. The van der Waals surface area contributed by atoms with E-state index in [1.807, 2.05) is 6.92 Å². The Labute approximate surface area is 73.2 Å². The molecule has 3 heteroatoms. The molecule has 1 rings (SSSR count). The normalized spacial score (nSPS) is 22.6. The van der Waals surface area contributed by atoms with Gasteiger partial charge in [-0.3, -0.25) is 4.79 Å². The Bertz CT molecular complexity index is 173. The van der Waals surface area contributed by atoms with Gasteiger partial charge in [-0.1, -0.05) is 6.42 Å². The van der Waals surface area contributed by atoms with Crippen LogP contribution < -0.4 is 5.32 Å². The molecule has 1 atom stereocenters. The van der Waals surface area contributed by atoms with Crippen molar-refractivity contribution in [2.24, 2.45) is 5.92 Å². The fourth-order valence-electron chi connectivity index (χ4n) is 1.50. The monoisotopic (exact) mass is 171 g/mol. The predicted octanol–water partition coefficient (Wildman–Crippen LogP) is 0.674. The van der Waals surface area contributed by atoms with Crippen LogP contribution in [-0.4, -0.2) is 23.2 Å². The van der Waals surface area contributed by atoms with E-state index >= 15 is 0 Å². The minimum atomic E-state index is -1.14. The average molecular weight is 171 g/mol. The van der Waals surface area contributed by atoms with Crippen LogP contribution in [0.1, 0.15) is 33.1 Å². The van der Waals surface area contributed by atoms with Crippen molar-refractivity contribution in [1.29, 1.82) is 0 Å². The van der Waals surface area contributed by atoms with E-state index in [0.717, 1.165) is 19.3 Å². The molecule has 1 unspecified atom stereocenters. The number of likely N-dealkylation sites (N-methyl/N-ethyl adjacent to an activating group) is 1. The zero-order valence-electron chi connectivity index (χ0n) is 7.76. The molecule has 1 saturated carbocycles. The fraction of sp³-hybridized carbons (Fsp3) is 0.889. The van der Waals surface area contributed by atoms with Gasteiger partial charge < -0.3 is 10.4 Å². The maximum Gasteiger partial charge on any atom is 0.251 e. The third-order valence-corrected chi connectivity index (χ3v) is 2.70. The van der Waals surface area contributed by atoms with Gasteiger partial charge in [0.05, 0.1) is 0 Å². The van der Waals surface area contributed by atoms with E-state index in [4.69, 9.17) is 0 Å². The van der Waals surface area contributed by atoms with Crippen LogP contribution in [0.5, 0.6) is 0 Å². The number of hydrogen-bond acceptors (Lipinski definition) is 2. The zero-order chi connectivity index (χ0) is 9.19. The molecule has 0 aliphatic heterocycles. The number of carbonyl (C=O) groups excluding carboxylic acids is 1. The Morgan fingerprint density at radius 1 is 1.67 bits per heavy atom. The summed E-state index contributed by atoms with van der Waals surface area (Å²) >= 11 is 0. The molecule has 2 N–H and O–H groups in total. The van der Waals surface area contributed by atoms with Crippen molar-refractivity contribution in [2.75, 3.05) is 6.54 Å². The molecule has 0 aromatic rings. The largest absolute Gasteiger partial charge is 0.380 e. The second-order valence-electron chi connectivity index (χ2n) is 3.63. The second-order valence-corrected chi connectivity index (χ2v) is 3.63. The number of aliphatic hydroxyl groups is 1. The van der Waals surface area contributed by atoms with Crippen LogP contribution in [0, 0.1) is 5.92 Å². The van der Waals surface area contributed by atoms with E-state index in [1.165, 1.54) is 0 Å². The highest BCUT2D eigenvalue weighted by atomic mass is 16.3. The number of rotatable bonds is 3. The highest BCUT2D eigenvalue weighted by Crippen LogP contribution is 2.35. The lowest BCUT2D eigenvalue weighted by Crippen LogP contribution is -2.51. The fourth-order valence-corrected chi connectivity index (χ4v) is 1.50. The second kappa shape index (κ2) is 3.44. The van der Waals surface area contributed by atoms with Crippen molar-refractivity contribution >= 4 is 5.91 Å². The molecule has 1 aliphatic rings. The van der Waals surface area contributed by atoms with E-state index in [-0.39, 0.29) is 11.8 Å². The van der Waals surface area contributed by atoms with Crippen molar-refractivity contribution in [1.82, 2.24) is 5.32 Å². The summed E-state index contributed by atoms with van der Waals surface area (Å²) in [7, 11) is 0. The third kappa shape index (κ3) is 1.61. The first-order valence-electron chi connectivity index (χ1n) is 4.59. The maximum absolute atomic E-state index is 11.3. The van der Waals surface area contributed by atoms with Gasteiger partial charge in [0.25, 0.3) is 5.91 Å². The van der Waals surface area contributed by atoms with Crippen LogP contribution in [0.25, 0.3) is 0 Å². The third-order valence-electron chi connectivity index (χ3n) is 2.70. The van der Waals surface area contributed by atoms with Crippen LogP contribution in [0.15, 0.2) is 0 Å². The quantitative estimate of drug-likeness (QED) is 0.656. The summed E-state index contributed by atoms with van der Waals surface area (Å²) in [6.45, 7) is 4.05. The Morgan fingerprint density at radius 3 is 2.58 bits per heavy atom. The van der Waals surface area contributed by atoms with Gasteiger partial charge in [-0.25, -0.2) is 0 Å². The van der Waals surface area contributed by atoms with Gasteiger partial charge in [-0.2, -0.15) is 0 Å². The van der Waals surface area contributed by atoms with E-state index < -0.39 is 5.60 Å². The highest BCUT2D eigenvalue weighted by Gasteiger charge is 2.41. The lowest BCUT2D eigenvalue weighted by atomic mass is 9.73. The summed E-state index contributed by atoms with van der Waals surface area (Å²) in [6, 6.07) is 0. The lowest BCUT2D eigenvalue weighted by Gasteiger charge is -2.37. The van der Waals surface area contributed by atoms with E-state index in [2.05, 4.69) is 5.32 Å². The summed E-state index contributed by atoms with van der Waals surface area (Å²) in [4.78, 5) is 11.3. The minimum Gasteiger partial charge on any atom is -0.380 e. The van der Waals surface area contributed by atoms with Crippen molar-refractivity contribution in [3.05, 3.63) is 0 Å². The Balaban J connectivity index is 2.50. The lowest BCUT2D eigenvalue weighted by molar-refractivity contribution is -0.147. The molecule has 0 radical (unpaired) electrons. The Hall–Kier alpha value is -0.570. The molecule has 1 fully saturated rings. The highest BCUT2D eigenvalue weighted by molar-refractivity contribution is 5.84. The Morgan fingerprint density at radius 2 is 2.25 bits per heavy atom. The average Bonchev–Trinajstić information content (AvgIpc) is 1.82. The van der Waals surface area contributed by atoms with Crippen molar-refractivity contribution < 1.29 is 9.90 Å². The zero-order valence-corrected chi connectivity index (χ0v) is 7.76. The van der Waals surface area contributed by atoms with Crippen LogP contribution in [0.2, 0.25) is 0 Å². The summed E-state index contributed by atoms with van der Waals surface area (Å²) in [6.07, 6.45) is 3.09. The molecule has 0 saturated heterocycles. The summed E-state index contributed by atoms with van der Waals surface area (Å²) in [5.74, 6) is -0.0567. The van der Waals surface area contributed by atoms with E-state index in [0.29, 0.717) is 6.54 Å². The molecular weight excluding hydrogens is 154 g/mol. The van der Waals surface area contributed by atoms with Gasteiger partial charge in [0.2, 0.25) is 0 Å². The van der Waals surface area contributed by atoms with Gasteiger partial charge in [-0.05, 0) is 32.6 Å². The molecule has 0 aromatic carbocycles. The smallest absolute Gasteiger partial charge is 0.251 e. The van der Waals surface area contributed by atoms with Gasteiger partial charge in [0, 0.05) is 6.54 Å². The first kappa shape index (κ1) is 9.52. The van der Waals surface area contributed by atoms with E-state index in [1.54, 1.807) is 6.92 Å². The van der Waals surface area contributed by atoms with Crippen LogP contribution in [0.3, 0.4) is 0 Å². The molecule has 1 aliphatic carbocycles. The van der Waals surface area contributed by atoms with Gasteiger partial charge >= 0.3 is 0 Å². The SMILES string of the molecule is CCNC(=O)C(C)(O)C1CCC1. The molecule has 0 heterocycles. The predicted molar refractivity (Wildman–Crippen MR) is 46.6 cm³/mol. The number of nitrogens with one attached hydrogen (secondary N) is 1. The van der Waals surface area contributed by atoms with Crippen molar-refractivity contribution in [3.63, 3.8) is 0 Å². The first-order chi connectivity index (χ1) is 5.59. The summed E-state index contributed by atoms with van der Waals surface area (Å²) in [5, 5.41) is 12.5. The van der Waals surface area contributed by atoms with Crippen LogP contribution in [0.4, 0.5) is 0 Å². The van der Waals surface area contributed by atoms with Crippen LogP contribution in [-0.2, 0) is 4.79 Å². The van der Waals surface area contributed by atoms with Crippen molar-refractivity contribution in [3.8, 4) is 0 Å². The summed E-state index contributed by atoms with van der Waals surface area (Å²) < 4.78 is 0. The molecule has 0 spiro atoms. The summed E-state index contributed by atoms with van der Waals surface area (Å²) in [5.41, 5.74) is -1.14. The van der Waals surface area contributed by atoms with E-state index in [9.17, 15) is 9.90 Å². The molecule has 3 nitrogen and oxygen atoms in total. The van der Waals surface area contributed by atoms with Gasteiger partial charge in [-0.15, -0.1) is 0 Å². The van der Waals surface area contributed by atoms with Gasteiger partial charge in [0.1, 0.15) is 5.60 Å². The van der Waals surface area contributed by atoms with Crippen molar-refractivity contribution in [2.45, 2.75) is 38.7 Å². The molecule has 0 aromatic heterocycles. The topological polar surface area (TPSA) is 49.3 Å². The first-order valence-corrected chi connectivity index (χ1v) is 4.59. The van der Waals surface area contributed by atoms with Gasteiger partial charge in [0.15, 0.2) is 0 Å². The molecule has 0 bridgehead atoms. The maximum atomic E-state index is 11.3. The molecule has 12 heavy (non-hydrogen) atoms. The number of carbonyl (C=O) groups is 1. The minimum absolute atomic E-state index is 0.170. The number of amides is 1. The standard InChI is InChI=1S/C9H17NO2/c1-3-10-8(11)9(2,12)7-5-4-6-7/h7,12H,3-6H2,1-2H3,(H,10,11). The Kier molecular flexibility index (Phi) is 2.73. The molecule has 1 amide bonds. The molecular formula is C9H17NO2.